The first-order valence-corrected chi connectivity index (χ1v) is 10.9. The summed E-state index contributed by atoms with van der Waals surface area (Å²) in [5, 5.41) is 3.40. The Bertz CT molecular complexity index is 946. The minimum Gasteiger partial charge on any atom is -0.493 e. The molecule has 3 rings (SSSR count). The summed E-state index contributed by atoms with van der Waals surface area (Å²) < 4.78 is 21.3. The smallest absolute Gasteiger partial charge is 0.341 e. The third-order valence-corrected chi connectivity index (χ3v) is 6.35. The number of nitrogens with zero attached hydrogens (tertiary/aromatic N) is 1. The van der Waals surface area contributed by atoms with E-state index in [1.54, 1.807) is 19.1 Å². The first kappa shape index (κ1) is 22.9. The Morgan fingerprint density at radius 1 is 1.10 bits per heavy atom. The number of methoxy groups -OCH3 is 3. The Morgan fingerprint density at radius 3 is 2.32 bits per heavy atom. The van der Waals surface area contributed by atoms with E-state index in [4.69, 9.17) is 18.9 Å². The van der Waals surface area contributed by atoms with E-state index in [9.17, 15) is 9.59 Å². The zero-order valence-electron chi connectivity index (χ0n) is 18.5. The van der Waals surface area contributed by atoms with Gasteiger partial charge in [0.25, 0.3) is 5.91 Å². The van der Waals surface area contributed by atoms with Crippen molar-refractivity contribution in [3.8, 4) is 17.2 Å². The molecular weight excluding hydrogens is 420 g/mol. The maximum Gasteiger partial charge on any atom is 0.341 e. The van der Waals surface area contributed by atoms with Crippen LogP contribution in [0.2, 0.25) is 0 Å². The number of likely N-dealkylation sites (N-methyl/N-ethyl adjacent to an activating group) is 1. The van der Waals surface area contributed by atoms with E-state index in [-0.39, 0.29) is 12.5 Å². The lowest BCUT2D eigenvalue weighted by Crippen LogP contribution is -2.30. The van der Waals surface area contributed by atoms with Crippen LogP contribution in [0.3, 0.4) is 0 Å². The molecule has 0 unspecified atom stereocenters. The number of rotatable bonds is 8. The predicted octanol–water partition coefficient (Wildman–Crippen LogP) is 3.58. The van der Waals surface area contributed by atoms with Gasteiger partial charge >= 0.3 is 5.97 Å². The highest BCUT2D eigenvalue weighted by Crippen LogP contribution is 2.40. The standard InChI is InChI=1S/C22H28N2O6S/c1-6-24-9-8-14-17(12-24)31-21(18(14)22(26)30-7-2)23-20(25)13-10-15(27-3)19(29-5)16(11-13)28-4/h10-11H,6-9,12H2,1-5H3,(H,23,25). The molecular formula is C22H28N2O6S. The van der Waals surface area contributed by atoms with Gasteiger partial charge in [-0.05, 0) is 37.6 Å². The van der Waals surface area contributed by atoms with Crippen molar-refractivity contribution in [2.75, 3.05) is 46.3 Å². The summed E-state index contributed by atoms with van der Waals surface area (Å²) in [6.45, 7) is 6.70. The molecule has 0 saturated heterocycles. The van der Waals surface area contributed by atoms with E-state index < -0.39 is 5.97 Å². The third kappa shape index (κ3) is 4.62. The van der Waals surface area contributed by atoms with Crippen molar-refractivity contribution >= 4 is 28.2 Å². The number of anilines is 1. The van der Waals surface area contributed by atoms with Crippen molar-refractivity contribution in [2.45, 2.75) is 26.8 Å². The number of hydrogen-bond donors (Lipinski definition) is 1. The van der Waals surface area contributed by atoms with Crippen molar-refractivity contribution in [1.82, 2.24) is 4.90 Å². The molecule has 1 aromatic heterocycles. The van der Waals surface area contributed by atoms with E-state index in [1.807, 2.05) is 0 Å². The molecule has 1 aromatic carbocycles. The molecule has 0 bridgehead atoms. The number of ether oxygens (including phenoxy) is 4. The maximum atomic E-state index is 13.1. The first-order valence-electron chi connectivity index (χ1n) is 10.1. The Hall–Kier alpha value is -2.78. The summed E-state index contributed by atoms with van der Waals surface area (Å²) in [6, 6.07) is 3.15. The molecule has 1 amide bonds. The number of amides is 1. The second-order valence-corrected chi connectivity index (χ2v) is 8.02. The molecule has 1 N–H and O–H groups in total. The molecule has 0 atom stereocenters. The molecule has 0 fully saturated rings. The van der Waals surface area contributed by atoms with Gasteiger partial charge in [-0.3, -0.25) is 9.69 Å². The normalized spacial score (nSPS) is 13.3. The molecule has 0 spiro atoms. The second kappa shape index (κ2) is 10.0. The molecule has 2 heterocycles. The van der Waals surface area contributed by atoms with Crippen LogP contribution in [0.1, 0.15) is 45.0 Å². The fourth-order valence-electron chi connectivity index (χ4n) is 3.62. The zero-order chi connectivity index (χ0) is 22.5. The van der Waals surface area contributed by atoms with Gasteiger partial charge in [0, 0.05) is 23.5 Å². The van der Waals surface area contributed by atoms with E-state index in [2.05, 4.69) is 17.1 Å². The average Bonchev–Trinajstić information content (AvgIpc) is 3.14. The van der Waals surface area contributed by atoms with Crippen LogP contribution in [0, 0.1) is 0 Å². The van der Waals surface area contributed by atoms with Crippen LogP contribution in [0.4, 0.5) is 5.00 Å². The highest BCUT2D eigenvalue weighted by atomic mass is 32.1. The summed E-state index contributed by atoms with van der Waals surface area (Å²) in [4.78, 5) is 29.2. The van der Waals surface area contributed by atoms with Crippen molar-refractivity contribution < 1.29 is 28.5 Å². The lowest BCUT2D eigenvalue weighted by molar-refractivity contribution is 0.0526. The number of nitrogens with one attached hydrogen (secondary N) is 1. The van der Waals surface area contributed by atoms with Gasteiger partial charge in [0.15, 0.2) is 11.5 Å². The van der Waals surface area contributed by atoms with Crippen molar-refractivity contribution in [3.63, 3.8) is 0 Å². The average molecular weight is 449 g/mol. The molecule has 1 aliphatic rings. The third-order valence-electron chi connectivity index (χ3n) is 5.22. The van der Waals surface area contributed by atoms with Gasteiger partial charge in [0.05, 0.1) is 33.5 Å². The number of fused-ring (bicyclic) bond motifs is 1. The quantitative estimate of drug-likeness (QED) is 0.618. The highest BCUT2D eigenvalue weighted by molar-refractivity contribution is 7.17. The van der Waals surface area contributed by atoms with Crippen LogP contribution < -0.4 is 19.5 Å². The summed E-state index contributed by atoms with van der Waals surface area (Å²) in [5.74, 6) is 0.365. The highest BCUT2D eigenvalue weighted by Gasteiger charge is 2.29. The summed E-state index contributed by atoms with van der Waals surface area (Å²) in [6.07, 6.45) is 0.744. The molecule has 0 aliphatic carbocycles. The van der Waals surface area contributed by atoms with Crippen LogP contribution >= 0.6 is 11.3 Å². The van der Waals surface area contributed by atoms with Gasteiger partial charge < -0.3 is 24.3 Å². The summed E-state index contributed by atoms with van der Waals surface area (Å²) in [7, 11) is 4.48. The minimum atomic E-state index is -0.412. The van der Waals surface area contributed by atoms with Gasteiger partial charge in [-0.2, -0.15) is 0 Å². The van der Waals surface area contributed by atoms with Crippen LogP contribution in [-0.4, -0.2) is 57.8 Å². The van der Waals surface area contributed by atoms with E-state index >= 15 is 0 Å². The van der Waals surface area contributed by atoms with Gasteiger partial charge in [-0.15, -0.1) is 11.3 Å². The predicted molar refractivity (Wildman–Crippen MR) is 119 cm³/mol. The van der Waals surface area contributed by atoms with Crippen LogP contribution in [-0.2, 0) is 17.7 Å². The van der Waals surface area contributed by atoms with Crippen LogP contribution in [0.5, 0.6) is 17.2 Å². The molecule has 9 heteroatoms. The molecule has 2 aromatic rings. The SMILES string of the molecule is CCOC(=O)c1c(NC(=O)c2cc(OC)c(OC)c(OC)c2)sc2c1CCN(CC)C2. The molecule has 1 aliphatic heterocycles. The number of carbonyl (C=O) groups is 2. The lowest BCUT2D eigenvalue weighted by atomic mass is 10.0. The summed E-state index contributed by atoms with van der Waals surface area (Å²) >= 11 is 1.42. The number of hydrogen-bond acceptors (Lipinski definition) is 8. The Balaban J connectivity index is 1.98. The Morgan fingerprint density at radius 2 is 1.77 bits per heavy atom. The molecule has 8 nitrogen and oxygen atoms in total. The number of esters is 1. The monoisotopic (exact) mass is 448 g/mol. The maximum absolute atomic E-state index is 13.1. The molecule has 0 saturated carbocycles. The molecule has 31 heavy (non-hydrogen) atoms. The number of benzene rings is 1. The Labute approximate surface area is 186 Å². The fraction of sp³-hybridized carbons (Fsp3) is 0.455. The Kier molecular flexibility index (Phi) is 7.40. The van der Waals surface area contributed by atoms with Crippen molar-refractivity contribution in [2.24, 2.45) is 0 Å². The number of carbonyl (C=O) groups excluding carboxylic acids is 2. The first-order chi connectivity index (χ1) is 15.0. The topological polar surface area (TPSA) is 86.3 Å². The van der Waals surface area contributed by atoms with Crippen molar-refractivity contribution in [3.05, 3.63) is 33.7 Å². The number of thiophene rings is 1. The van der Waals surface area contributed by atoms with Crippen LogP contribution in [0.15, 0.2) is 12.1 Å². The summed E-state index contributed by atoms with van der Waals surface area (Å²) in [5.41, 5.74) is 1.75. The van der Waals surface area contributed by atoms with Gasteiger partial charge in [-0.1, -0.05) is 6.92 Å². The lowest BCUT2D eigenvalue weighted by Gasteiger charge is -2.25. The largest absolute Gasteiger partial charge is 0.493 e. The minimum absolute atomic E-state index is 0.269. The molecule has 168 valence electrons. The van der Waals surface area contributed by atoms with Crippen molar-refractivity contribution in [1.29, 1.82) is 0 Å². The van der Waals surface area contributed by atoms with E-state index in [0.717, 1.165) is 36.5 Å². The zero-order valence-corrected chi connectivity index (χ0v) is 19.3. The van der Waals surface area contributed by atoms with Gasteiger partial charge in [0.2, 0.25) is 5.75 Å². The molecule has 0 radical (unpaired) electrons. The van der Waals surface area contributed by atoms with E-state index in [1.165, 1.54) is 32.7 Å². The van der Waals surface area contributed by atoms with Gasteiger partial charge in [-0.25, -0.2) is 4.79 Å². The fourth-order valence-corrected chi connectivity index (χ4v) is 4.89. The second-order valence-electron chi connectivity index (χ2n) is 6.92. The van der Waals surface area contributed by atoms with Crippen LogP contribution in [0.25, 0.3) is 0 Å². The van der Waals surface area contributed by atoms with E-state index in [0.29, 0.717) is 33.4 Å². The van der Waals surface area contributed by atoms with Gasteiger partial charge in [0.1, 0.15) is 5.00 Å².